The maximum absolute atomic E-state index is 4.74. The largest absolute Gasteiger partial charge is 0.247 e. The monoisotopic (exact) mass is 309 g/mol. The average molecular weight is 310 g/mol. The van der Waals surface area contributed by atoms with Crippen LogP contribution in [0.25, 0.3) is 32.8 Å². The first-order valence-electron chi connectivity index (χ1n) is 5.92. The van der Waals surface area contributed by atoms with E-state index in [1.165, 1.54) is 0 Å². The van der Waals surface area contributed by atoms with E-state index in [4.69, 9.17) is 4.98 Å². The van der Waals surface area contributed by atoms with Crippen molar-refractivity contribution in [3.8, 4) is 0 Å². The minimum absolute atomic E-state index is 0.713. The maximum Gasteiger partial charge on any atom is 0.162 e. The number of nitrogens with zero attached hydrogens (tertiary/aromatic N) is 3. The predicted molar refractivity (Wildman–Crippen MR) is 80.0 cm³/mol. The molecule has 0 spiro atoms. The van der Waals surface area contributed by atoms with Crippen LogP contribution in [0.3, 0.4) is 0 Å². The molecule has 0 saturated heterocycles. The SMILES string of the molecule is Brc1ccc2c(ncc3cc4ccccc4nc32)n1. The number of para-hydroxylation sites is 1. The quantitative estimate of drug-likeness (QED) is 0.279. The molecule has 0 radical (unpaired) electrons. The van der Waals surface area contributed by atoms with Crippen LogP contribution in [0.5, 0.6) is 0 Å². The van der Waals surface area contributed by atoms with Crippen LogP contribution in [0.4, 0.5) is 0 Å². The van der Waals surface area contributed by atoms with E-state index in [-0.39, 0.29) is 0 Å². The summed E-state index contributed by atoms with van der Waals surface area (Å²) in [5.74, 6) is 0. The van der Waals surface area contributed by atoms with Crippen LogP contribution in [-0.4, -0.2) is 15.0 Å². The molecular weight excluding hydrogens is 302 g/mol. The van der Waals surface area contributed by atoms with Gasteiger partial charge in [-0.2, -0.15) is 0 Å². The Morgan fingerprint density at radius 2 is 1.79 bits per heavy atom. The Kier molecular flexibility index (Phi) is 2.26. The maximum atomic E-state index is 4.74. The van der Waals surface area contributed by atoms with Crippen LogP contribution < -0.4 is 0 Å². The number of aromatic nitrogens is 3. The highest BCUT2D eigenvalue weighted by Gasteiger charge is 2.06. The second kappa shape index (κ2) is 3.96. The lowest BCUT2D eigenvalue weighted by molar-refractivity contribution is 1.26. The number of rotatable bonds is 0. The van der Waals surface area contributed by atoms with Crippen LogP contribution in [-0.2, 0) is 0 Å². The lowest BCUT2D eigenvalue weighted by Crippen LogP contribution is -1.89. The van der Waals surface area contributed by atoms with E-state index in [0.717, 1.165) is 31.8 Å². The van der Waals surface area contributed by atoms with Crippen molar-refractivity contribution < 1.29 is 0 Å². The van der Waals surface area contributed by atoms with Crippen LogP contribution in [0.1, 0.15) is 0 Å². The number of halogens is 1. The molecule has 4 rings (SSSR count). The highest BCUT2D eigenvalue weighted by atomic mass is 79.9. The number of pyridine rings is 3. The van der Waals surface area contributed by atoms with Gasteiger partial charge in [0.05, 0.1) is 11.0 Å². The second-order valence-corrected chi connectivity index (χ2v) is 5.19. The van der Waals surface area contributed by atoms with E-state index in [0.29, 0.717) is 5.65 Å². The highest BCUT2D eigenvalue weighted by molar-refractivity contribution is 9.10. The molecular formula is C15H8BrN3. The van der Waals surface area contributed by atoms with Gasteiger partial charge in [0.15, 0.2) is 5.65 Å². The summed E-state index contributed by atoms with van der Waals surface area (Å²) >= 11 is 3.36. The molecule has 0 atom stereocenters. The lowest BCUT2D eigenvalue weighted by atomic mass is 10.1. The summed E-state index contributed by atoms with van der Waals surface area (Å²) in [6, 6.07) is 14.1. The molecule has 0 amide bonds. The van der Waals surface area contributed by atoms with Gasteiger partial charge in [-0.1, -0.05) is 18.2 Å². The van der Waals surface area contributed by atoms with E-state index < -0.39 is 0 Å². The molecule has 3 aromatic heterocycles. The van der Waals surface area contributed by atoms with Gasteiger partial charge in [0, 0.05) is 22.4 Å². The topological polar surface area (TPSA) is 38.7 Å². The lowest BCUT2D eigenvalue weighted by Gasteiger charge is -2.04. The Hall–Kier alpha value is -2.07. The summed E-state index contributed by atoms with van der Waals surface area (Å²) in [5, 5.41) is 3.14. The zero-order valence-corrected chi connectivity index (χ0v) is 11.4. The van der Waals surface area contributed by atoms with Crippen LogP contribution in [0, 0.1) is 0 Å². The first-order chi connectivity index (χ1) is 9.31. The van der Waals surface area contributed by atoms with Crippen molar-refractivity contribution >= 4 is 48.8 Å². The molecule has 0 aliphatic rings. The summed E-state index contributed by atoms with van der Waals surface area (Å²) in [5.41, 5.74) is 2.65. The van der Waals surface area contributed by atoms with E-state index in [9.17, 15) is 0 Å². The second-order valence-electron chi connectivity index (χ2n) is 4.38. The molecule has 0 fully saturated rings. The minimum Gasteiger partial charge on any atom is -0.247 e. The summed E-state index contributed by atoms with van der Waals surface area (Å²) in [7, 11) is 0. The molecule has 0 aliphatic heterocycles. The molecule has 0 aliphatic carbocycles. The van der Waals surface area contributed by atoms with Gasteiger partial charge in [-0.05, 0) is 40.2 Å². The standard InChI is InChI=1S/C15H8BrN3/c16-13-6-5-11-14-10(8-17-15(11)19-13)7-9-3-1-2-4-12(9)18-14/h1-8H. The zero-order chi connectivity index (χ0) is 12.8. The summed E-state index contributed by atoms with van der Waals surface area (Å²) in [6.07, 6.45) is 1.83. The molecule has 3 nitrogen and oxygen atoms in total. The molecule has 19 heavy (non-hydrogen) atoms. The first-order valence-corrected chi connectivity index (χ1v) is 6.71. The normalized spacial score (nSPS) is 11.4. The first kappa shape index (κ1) is 10.8. The molecule has 90 valence electrons. The Balaban J connectivity index is 2.22. The Bertz CT molecular complexity index is 934. The highest BCUT2D eigenvalue weighted by Crippen LogP contribution is 2.25. The van der Waals surface area contributed by atoms with Crippen molar-refractivity contribution in [3.63, 3.8) is 0 Å². The van der Waals surface area contributed by atoms with Gasteiger partial charge in [0.2, 0.25) is 0 Å². The number of hydrogen-bond acceptors (Lipinski definition) is 3. The molecule has 0 bridgehead atoms. The third-order valence-corrected chi connectivity index (χ3v) is 3.62. The van der Waals surface area contributed by atoms with Gasteiger partial charge in [-0.3, -0.25) is 0 Å². The Labute approximate surface area is 117 Å². The molecule has 1 aromatic carbocycles. The van der Waals surface area contributed by atoms with Gasteiger partial charge >= 0.3 is 0 Å². The van der Waals surface area contributed by atoms with Gasteiger partial charge < -0.3 is 0 Å². The molecule has 0 unspecified atom stereocenters. The van der Waals surface area contributed by atoms with E-state index >= 15 is 0 Å². The predicted octanol–water partition coefficient (Wildman–Crippen LogP) is 4.09. The zero-order valence-electron chi connectivity index (χ0n) is 9.84. The number of fused-ring (bicyclic) bond motifs is 4. The van der Waals surface area contributed by atoms with Crippen molar-refractivity contribution in [1.82, 2.24) is 15.0 Å². The van der Waals surface area contributed by atoms with Crippen molar-refractivity contribution in [2.24, 2.45) is 0 Å². The minimum atomic E-state index is 0.713. The average Bonchev–Trinajstić information content (AvgIpc) is 2.44. The number of benzene rings is 1. The van der Waals surface area contributed by atoms with Gasteiger partial charge in [-0.25, -0.2) is 15.0 Å². The van der Waals surface area contributed by atoms with Gasteiger partial charge in [0.25, 0.3) is 0 Å². The molecule has 3 heterocycles. The molecule has 0 N–H and O–H groups in total. The fourth-order valence-corrected chi connectivity index (χ4v) is 2.59. The summed E-state index contributed by atoms with van der Waals surface area (Å²) in [6.45, 7) is 0. The van der Waals surface area contributed by atoms with Crippen LogP contribution >= 0.6 is 15.9 Å². The van der Waals surface area contributed by atoms with Crippen molar-refractivity contribution in [3.05, 3.63) is 53.3 Å². The summed E-state index contributed by atoms with van der Waals surface area (Å²) < 4.78 is 0.785. The molecule has 4 aromatic rings. The van der Waals surface area contributed by atoms with E-state index in [1.807, 2.05) is 36.5 Å². The third-order valence-electron chi connectivity index (χ3n) is 3.18. The van der Waals surface area contributed by atoms with Crippen LogP contribution in [0.2, 0.25) is 0 Å². The van der Waals surface area contributed by atoms with Gasteiger partial charge in [0.1, 0.15) is 4.60 Å². The van der Waals surface area contributed by atoms with Crippen molar-refractivity contribution in [1.29, 1.82) is 0 Å². The number of hydrogen-bond donors (Lipinski definition) is 0. The van der Waals surface area contributed by atoms with E-state index in [1.54, 1.807) is 0 Å². The smallest absolute Gasteiger partial charge is 0.162 e. The Morgan fingerprint density at radius 1 is 0.895 bits per heavy atom. The fraction of sp³-hybridized carbons (Fsp3) is 0. The van der Waals surface area contributed by atoms with Gasteiger partial charge in [-0.15, -0.1) is 0 Å². The fourth-order valence-electron chi connectivity index (χ4n) is 2.29. The van der Waals surface area contributed by atoms with Crippen molar-refractivity contribution in [2.75, 3.05) is 0 Å². The molecule has 4 heteroatoms. The van der Waals surface area contributed by atoms with Crippen molar-refractivity contribution in [2.45, 2.75) is 0 Å². The summed E-state index contributed by atoms with van der Waals surface area (Å²) in [4.78, 5) is 13.5. The van der Waals surface area contributed by atoms with Crippen LogP contribution in [0.15, 0.2) is 53.3 Å². The third kappa shape index (κ3) is 1.68. The Morgan fingerprint density at radius 3 is 2.74 bits per heavy atom. The van der Waals surface area contributed by atoms with E-state index in [2.05, 4.69) is 38.0 Å². The molecule has 0 saturated carbocycles.